The van der Waals surface area contributed by atoms with E-state index < -0.39 is 0 Å². The second-order valence-corrected chi connectivity index (χ2v) is 6.45. The Morgan fingerprint density at radius 2 is 2.28 bits per heavy atom. The molecule has 5 heteroatoms. The molecule has 1 unspecified atom stereocenters. The molecular weight excluding hydrogens is 246 g/mol. The van der Waals surface area contributed by atoms with Crippen LogP contribution in [0.3, 0.4) is 0 Å². The highest BCUT2D eigenvalue weighted by Gasteiger charge is 2.35. The van der Waals surface area contributed by atoms with Crippen molar-refractivity contribution in [1.82, 2.24) is 9.97 Å². The van der Waals surface area contributed by atoms with Crippen molar-refractivity contribution in [2.75, 3.05) is 18.0 Å². The zero-order chi connectivity index (χ0) is 12.8. The predicted molar refractivity (Wildman–Crippen MR) is 74.0 cm³/mol. The van der Waals surface area contributed by atoms with Crippen molar-refractivity contribution in [2.24, 2.45) is 5.41 Å². The Hall–Kier alpha value is -1.20. The lowest BCUT2D eigenvalue weighted by Crippen LogP contribution is -2.49. The summed E-state index contributed by atoms with van der Waals surface area (Å²) in [5.74, 6) is 1.00. The van der Waals surface area contributed by atoms with Crippen molar-refractivity contribution in [2.45, 2.75) is 26.4 Å². The lowest BCUT2D eigenvalue weighted by Gasteiger charge is -2.42. The van der Waals surface area contributed by atoms with Crippen molar-refractivity contribution in [3.05, 3.63) is 17.8 Å². The van der Waals surface area contributed by atoms with Crippen LogP contribution in [0, 0.1) is 5.41 Å². The van der Waals surface area contributed by atoms with E-state index in [2.05, 4.69) is 34.8 Å². The highest BCUT2D eigenvalue weighted by molar-refractivity contribution is 7.16. The average Bonchev–Trinajstić information content (AvgIpc) is 2.80. The molecular formula is C13H17N3OS. The summed E-state index contributed by atoms with van der Waals surface area (Å²) in [4.78, 5) is 12.0. The van der Waals surface area contributed by atoms with Gasteiger partial charge in [-0.25, -0.2) is 9.97 Å². The fourth-order valence-electron chi connectivity index (χ4n) is 2.55. The number of aliphatic hydroxyl groups is 1. The van der Waals surface area contributed by atoms with Gasteiger partial charge in [-0.15, -0.1) is 11.3 Å². The average molecular weight is 263 g/mol. The van der Waals surface area contributed by atoms with E-state index >= 15 is 0 Å². The van der Waals surface area contributed by atoms with Gasteiger partial charge < -0.3 is 10.0 Å². The molecule has 3 heterocycles. The molecule has 1 aliphatic rings. The van der Waals surface area contributed by atoms with Crippen molar-refractivity contribution in [1.29, 1.82) is 0 Å². The standard InChI is InChI=1S/C13H17N3OS/c1-13(2)7-16(5-3-10(13)17)11-9-4-6-18-12(9)15-8-14-11/h4,6,8,10,17H,3,5,7H2,1-2H3. The fraction of sp³-hybridized carbons (Fsp3) is 0.538. The van der Waals surface area contributed by atoms with Gasteiger partial charge in [0.1, 0.15) is 17.0 Å². The molecule has 0 radical (unpaired) electrons. The molecule has 0 aromatic carbocycles. The van der Waals surface area contributed by atoms with E-state index in [0.29, 0.717) is 0 Å². The topological polar surface area (TPSA) is 49.2 Å². The summed E-state index contributed by atoms with van der Waals surface area (Å²) in [7, 11) is 0. The first-order valence-corrected chi connectivity index (χ1v) is 7.07. The Morgan fingerprint density at radius 1 is 1.44 bits per heavy atom. The van der Waals surface area contributed by atoms with Gasteiger partial charge >= 0.3 is 0 Å². The molecule has 2 aromatic rings. The number of anilines is 1. The van der Waals surface area contributed by atoms with Gasteiger partial charge in [0, 0.05) is 18.5 Å². The molecule has 2 aromatic heterocycles. The summed E-state index contributed by atoms with van der Waals surface area (Å²) < 4.78 is 0. The number of hydrogen-bond donors (Lipinski definition) is 1. The van der Waals surface area contributed by atoms with E-state index in [4.69, 9.17) is 0 Å². The quantitative estimate of drug-likeness (QED) is 0.857. The normalized spacial score (nSPS) is 23.5. The minimum Gasteiger partial charge on any atom is -0.392 e. The summed E-state index contributed by atoms with van der Waals surface area (Å²) in [5.41, 5.74) is -0.0917. The lowest BCUT2D eigenvalue weighted by molar-refractivity contribution is 0.0335. The molecule has 0 bridgehead atoms. The molecule has 1 fully saturated rings. The molecule has 0 saturated carbocycles. The van der Waals surface area contributed by atoms with Crippen molar-refractivity contribution in [3.63, 3.8) is 0 Å². The Morgan fingerprint density at radius 3 is 3.06 bits per heavy atom. The molecule has 1 saturated heterocycles. The smallest absolute Gasteiger partial charge is 0.140 e. The molecule has 0 aliphatic carbocycles. The van der Waals surface area contributed by atoms with Crippen LogP contribution in [0.5, 0.6) is 0 Å². The van der Waals surface area contributed by atoms with E-state index in [1.54, 1.807) is 17.7 Å². The third kappa shape index (κ3) is 1.87. The Bertz CT molecular complexity index is 566. The summed E-state index contributed by atoms with van der Waals surface area (Å²) in [5, 5.41) is 13.2. The van der Waals surface area contributed by atoms with E-state index in [9.17, 15) is 5.11 Å². The maximum absolute atomic E-state index is 10.0. The van der Waals surface area contributed by atoms with Crippen LogP contribution in [0.1, 0.15) is 20.3 Å². The number of aliphatic hydroxyl groups excluding tert-OH is 1. The molecule has 96 valence electrons. The highest BCUT2D eigenvalue weighted by atomic mass is 32.1. The third-order valence-corrected chi connectivity index (χ3v) is 4.53. The summed E-state index contributed by atoms with van der Waals surface area (Å²) in [6, 6.07) is 2.08. The number of hydrogen-bond acceptors (Lipinski definition) is 5. The number of aromatic nitrogens is 2. The van der Waals surface area contributed by atoms with Crippen LogP contribution in [0.15, 0.2) is 17.8 Å². The van der Waals surface area contributed by atoms with E-state index in [1.165, 1.54) is 0 Å². The second kappa shape index (κ2) is 4.17. The zero-order valence-electron chi connectivity index (χ0n) is 10.6. The largest absolute Gasteiger partial charge is 0.392 e. The van der Waals surface area contributed by atoms with Gasteiger partial charge in [0.15, 0.2) is 0 Å². The number of nitrogens with zero attached hydrogens (tertiary/aromatic N) is 3. The second-order valence-electron chi connectivity index (χ2n) is 5.55. The van der Waals surface area contributed by atoms with Gasteiger partial charge in [0.25, 0.3) is 0 Å². The number of thiophene rings is 1. The van der Waals surface area contributed by atoms with E-state index in [-0.39, 0.29) is 11.5 Å². The van der Waals surface area contributed by atoms with Crippen LogP contribution < -0.4 is 4.90 Å². The maximum atomic E-state index is 10.0. The minimum atomic E-state index is -0.228. The van der Waals surface area contributed by atoms with Crippen molar-refractivity contribution < 1.29 is 5.11 Å². The first-order chi connectivity index (χ1) is 8.58. The van der Waals surface area contributed by atoms with Gasteiger partial charge in [0.2, 0.25) is 0 Å². The molecule has 4 nitrogen and oxygen atoms in total. The van der Waals surface area contributed by atoms with Gasteiger partial charge in [-0.3, -0.25) is 0 Å². The number of rotatable bonds is 1. The molecule has 3 rings (SSSR count). The summed E-state index contributed by atoms with van der Waals surface area (Å²) >= 11 is 1.64. The van der Waals surface area contributed by atoms with E-state index in [1.807, 2.05) is 5.38 Å². The van der Waals surface area contributed by atoms with Gasteiger partial charge in [-0.2, -0.15) is 0 Å². The highest BCUT2D eigenvalue weighted by Crippen LogP contribution is 2.34. The maximum Gasteiger partial charge on any atom is 0.140 e. The Kier molecular flexibility index (Phi) is 2.75. The van der Waals surface area contributed by atoms with Crippen LogP contribution in [-0.4, -0.2) is 34.3 Å². The summed E-state index contributed by atoms with van der Waals surface area (Å²) in [6.07, 6.45) is 2.20. The zero-order valence-corrected chi connectivity index (χ0v) is 11.4. The Balaban J connectivity index is 1.98. The minimum absolute atomic E-state index is 0.0917. The monoisotopic (exact) mass is 263 g/mol. The van der Waals surface area contributed by atoms with Crippen LogP contribution in [-0.2, 0) is 0 Å². The van der Waals surface area contributed by atoms with Crippen LogP contribution in [0.4, 0.5) is 5.82 Å². The number of fused-ring (bicyclic) bond motifs is 1. The number of piperidine rings is 1. The molecule has 18 heavy (non-hydrogen) atoms. The van der Waals surface area contributed by atoms with E-state index in [0.717, 1.165) is 35.5 Å². The van der Waals surface area contributed by atoms with Gasteiger partial charge in [-0.1, -0.05) is 13.8 Å². The summed E-state index contributed by atoms with van der Waals surface area (Å²) in [6.45, 7) is 5.90. The first-order valence-electron chi connectivity index (χ1n) is 6.19. The predicted octanol–water partition coefficient (Wildman–Crippen LogP) is 2.29. The molecule has 0 spiro atoms. The molecule has 1 atom stereocenters. The van der Waals surface area contributed by atoms with Crippen LogP contribution in [0.2, 0.25) is 0 Å². The van der Waals surface area contributed by atoms with Gasteiger partial charge in [-0.05, 0) is 17.9 Å². The van der Waals surface area contributed by atoms with Crippen LogP contribution >= 0.6 is 11.3 Å². The SMILES string of the molecule is CC1(C)CN(c2ncnc3sccc23)CCC1O. The van der Waals surface area contributed by atoms with Crippen molar-refractivity contribution in [3.8, 4) is 0 Å². The molecule has 1 N–H and O–H groups in total. The third-order valence-electron chi connectivity index (χ3n) is 3.71. The first kappa shape index (κ1) is 11.9. The fourth-order valence-corrected chi connectivity index (χ4v) is 3.28. The van der Waals surface area contributed by atoms with Crippen molar-refractivity contribution >= 4 is 27.4 Å². The Labute approximate surface area is 110 Å². The lowest BCUT2D eigenvalue weighted by atomic mass is 9.81. The molecule has 0 amide bonds. The van der Waals surface area contributed by atoms with Crippen LogP contribution in [0.25, 0.3) is 10.2 Å². The molecule has 1 aliphatic heterocycles. The van der Waals surface area contributed by atoms with Gasteiger partial charge in [0.05, 0.1) is 11.5 Å².